The summed E-state index contributed by atoms with van der Waals surface area (Å²) in [5.41, 5.74) is 0. The first kappa shape index (κ1) is 8.26. The van der Waals surface area contributed by atoms with Gasteiger partial charge >= 0.3 is 0 Å². The van der Waals surface area contributed by atoms with Crippen molar-refractivity contribution in [1.29, 1.82) is 0 Å². The lowest BCUT2D eigenvalue weighted by Gasteiger charge is -1.93. The van der Waals surface area contributed by atoms with Crippen LogP contribution >= 0.6 is 61.1 Å². The average molecular weight is 409 g/mol. The smallest absolute Gasteiger partial charge is 0.0319 e. The van der Waals surface area contributed by atoms with Gasteiger partial charge in [-0.3, -0.25) is 0 Å². The number of halogens is 3. The number of benzene rings is 1. The fourth-order valence-electron chi connectivity index (χ4n) is 0.470. The van der Waals surface area contributed by atoms with Gasteiger partial charge in [0, 0.05) is 11.6 Å². The zero-order valence-electron chi connectivity index (χ0n) is 4.37. The predicted octanol–water partition coefficient (Wildman–Crippen LogP) is 3.66. The number of hydrogen-bond acceptors (Lipinski definition) is 0. The largest absolute Gasteiger partial charge is 0.0496 e. The van der Waals surface area contributed by atoms with Crippen molar-refractivity contribution in [1.82, 2.24) is 0 Å². The van der Waals surface area contributed by atoms with Gasteiger partial charge in [0.15, 0.2) is 0 Å². The molecule has 1 rings (SSSR count). The lowest BCUT2D eigenvalue weighted by Crippen LogP contribution is -1.74. The van der Waals surface area contributed by atoms with E-state index in [1.165, 1.54) is 11.6 Å². The highest BCUT2D eigenvalue weighted by molar-refractivity contribution is 14.1. The standard InChI is InChI=1S/C6H3BrI2/c7-5-3-4(8)1-2-6(5)9/h1-3H. The Labute approximate surface area is 89.8 Å². The third-order valence-corrected chi connectivity index (χ3v) is 3.89. The zero-order chi connectivity index (χ0) is 6.85. The fourth-order valence-corrected chi connectivity index (χ4v) is 2.10. The summed E-state index contributed by atoms with van der Waals surface area (Å²) in [6, 6.07) is 6.28. The maximum absolute atomic E-state index is 3.43. The Balaban J connectivity index is 3.17. The van der Waals surface area contributed by atoms with E-state index in [1.807, 2.05) is 0 Å². The van der Waals surface area contributed by atoms with Crippen LogP contribution in [0.1, 0.15) is 0 Å². The summed E-state index contributed by atoms with van der Waals surface area (Å²) < 4.78 is 3.70. The molecule has 0 heterocycles. The van der Waals surface area contributed by atoms with E-state index in [2.05, 4.69) is 79.3 Å². The maximum Gasteiger partial charge on any atom is 0.0319 e. The molecule has 0 radical (unpaired) electrons. The van der Waals surface area contributed by atoms with Crippen molar-refractivity contribution in [3.05, 3.63) is 29.8 Å². The Morgan fingerprint density at radius 1 is 1.22 bits per heavy atom. The average Bonchev–Trinajstić information content (AvgIpc) is 1.80. The third-order valence-electron chi connectivity index (χ3n) is 0.882. The quantitative estimate of drug-likeness (QED) is 0.454. The molecule has 0 spiro atoms. The second-order valence-electron chi connectivity index (χ2n) is 1.56. The van der Waals surface area contributed by atoms with Crippen molar-refractivity contribution >= 4 is 61.1 Å². The number of rotatable bonds is 0. The molecule has 0 aliphatic carbocycles. The molecule has 0 aliphatic heterocycles. The first-order chi connectivity index (χ1) is 4.20. The first-order valence-electron chi connectivity index (χ1n) is 2.30. The van der Waals surface area contributed by atoms with E-state index in [0.29, 0.717) is 0 Å². The van der Waals surface area contributed by atoms with Gasteiger partial charge in [-0.1, -0.05) is 0 Å². The van der Waals surface area contributed by atoms with E-state index in [1.54, 1.807) is 0 Å². The molecule has 0 saturated carbocycles. The highest BCUT2D eigenvalue weighted by Gasteiger charge is 1.93. The topological polar surface area (TPSA) is 0 Å². The van der Waals surface area contributed by atoms with Crippen LogP contribution in [0.3, 0.4) is 0 Å². The van der Waals surface area contributed by atoms with Gasteiger partial charge in [0.25, 0.3) is 0 Å². The molecule has 0 atom stereocenters. The Morgan fingerprint density at radius 2 is 1.89 bits per heavy atom. The summed E-state index contributed by atoms with van der Waals surface area (Å²) in [5, 5.41) is 0. The van der Waals surface area contributed by atoms with E-state index in [4.69, 9.17) is 0 Å². The van der Waals surface area contributed by atoms with Crippen LogP contribution in [0.5, 0.6) is 0 Å². The minimum absolute atomic E-state index is 1.18. The third kappa shape index (κ3) is 2.34. The molecular weight excluding hydrogens is 406 g/mol. The van der Waals surface area contributed by atoms with E-state index >= 15 is 0 Å². The molecule has 1 aromatic carbocycles. The molecule has 0 bridgehead atoms. The van der Waals surface area contributed by atoms with Gasteiger partial charge in [0.2, 0.25) is 0 Å². The molecule has 48 valence electrons. The van der Waals surface area contributed by atoms with Crippen LogP contribution in [0.2, 0.25) is 0 Å². The van der Waals surface area contributed by atoms with E-state index < -0.39 is 0 Å². The van der Waals surface area contributed by atoms with Crippen LogP contribution in [0.15, 0.2) is 22.7 Å². The summed E-state index contributed by atoms with van der Waals surface area (Å²) in [6.45, 7) is 0. The Hall–Kier alpha value is 1.16. The van der Waals surface area contributed by atoms with Crippen molar-refractivity contribution in [3.8, 4) is 0 Å². The molecule has 0 unspecified atom stereocenters. The second-order valence-corrected chi connectivity index (χ2v) is 4.82. The van der Waals surface area contributed by atoms with Crippen LogP contribution in [-0.4, -0.2) is 0 Å². The van der Waals surface area contributed by atoms with Crippen molar-refractivity contribution in [2.75, 3.05) is 0 Å². The molecule has 0 nitrogen and oxygen atoms in total. The second kappa shape index (κ2) is 3.52. The van der Waals surface area contributed by atoms with Crippen molar-refractivity contribution < 1.29 is 0 Å². The van der Waals surface area contributed by atoms with Crippen LogP contribution in [0, 0.1) is 7.14 Å². The summed E-state index contributed by atoms with van der Waals surface area (Å²) in [5.74, 6) is 0. The van der Waals surface area contributed by atoms with Crippen LogP contribution in [-0.2, 0) is 0 Å². The van der Waals surface area contributed by atoms with E-state index in [9.17, 15) is 0 Å². The first-order valence-corrected chi connectivity index (χ1v) is 5.26. The molecule has 0 N–H and O–H groups in total. The van der Waals surface area contributed by atoms with Gasteiger partial charge in [-0.05, 0) is 79.3 Å². The molecule has 0 saturated heterocycles. The normalized spacial score (nSPS) is 9.67. The molecule has 9 heavy (non-hydrogen) atoms. The van der Waals surface area contributed by atoms with E-state index in [-0.39, 0.29) is 0 Å². The van der Waals surface area contributed by atoms with Gasteiger partial charge < -0.3 is 0 Å². The molecule has 0 aliphatic rings. The molecule has 0 amide bonds. The molecular formula is C6H3BrI2. The van der Waals surface area contributed by atoms with Gasteiger partial charge in [0.1, 0.15) is 0 Å². The molecule has 3 heteroatoms. The fraction of sp³-hybridized carbons (Fsp3) is 0. The maximum atomic E-state index is 3.43. The minimum Gasteiger partial charge on any atom is -0.0496 e. The summed E-state index contributed by atoms with van der Waals surface area (Å²) in [4.78, 5) is 0. The van der Waals surface area contributed by atoms with E-state index in [0.717, 1.165) is 0 Å². The summed E-state index contributed by atoms with van der Waals surface area (Å²) in [6.07, 6.45) is 0. The van der Waals surface area contributed by atoms with Crippen molar-refractivity contribution in [3.63, 3.8) is 0 Å². The SMILES string of the molecule is Brc1cc(I)ccc1I. The van der Waals surface area contributed by atoms with Crippen LogP contribution < -0.4 is 0 Å². The van der Waals surface area contributed by atoms with Crippen molar-refractivity contribution in [2.45, 2.75) is 0 Å². The molecule has 1 aromatic rings. The predicted molar refractivity (Wildman–Crippen MR) is 59.6 cm³/mol. The lowest BCUT2D eigenvalue weighted by molar-refractivity contribution is 1.54. The van der Waals surface area contributed by atoms with Gasteiger partial charge in [0.05, 0.1) is 0 Å². The summed E-state index contributed by atoms with van der Waals surface area (Å²) in [7, 11) is 0. The zero-order valence-corrected chi connectivity index (χ0v) is 10.3. The highest BCUT2D eigenvalue weighted by Crippen LogP contribution is 2.20. The van der Waals surface area contributed by atoms with Crippen LogP contribution in [0.25, 0.3) is 0 Å². The Morgan fingerprint density at radius 3 is 2.33 bits per heavy atom. The molecule has 0 aromatic heterocycles. The van der Waals surface area contributed by atoms with Gasteiger partial charge in [-0.25, -0.2) is 0 Å². The highest BCUT2D eigenvalue weighted by atomic mass is 127. The summed E-state index contributed by atoms with van der Waals surface area (Å²) >= 11 is 8.01. The molecule has 0 fully saturated rings. The van der Waals surface area contributed by atoms with Gasteiger partial charge in [-0.15, -0.1) is 0 Å². The minimum atomic E-state index is 1.18. The number of hydrogen-bond donors (Lipinski definition) is 0. The monoisotopic (exact) mass is 408 g/mol. The lowest BCUT2D eigenvalue weighted by atomic mass is 10.4. The van der Waals surface area contributed by atoms with Crippen molar-refractivity contribution in [2.24, 2.45) is 0 Å². The van der Waals surface area contributed by atoms with Gasteiger partial charge in [-0.2, -0.15) is 0 Å². The van der Waals surface area contributed by atoms with Crippen LogP contribution in [0.4, 0.5) is 0 Å². The Bertz CT molecular complexity index is 222. The Kier molecular flexibility index (Phi) is 3.23.